The summed E-state index contributed by atoms with van der Waals surface area (Å²) in [5.74, 6) is 0.297. The number of benzene rings is 3. The van der Waals surface area contributed by atoms with E-state index in [-0.39, 0.29) is 24.9 Å². The minimum atomic E-state index is -0.955. The van der Waals surface area contributed by atoms with E-state index in [2.05, 4.69) is 6.92 Å². The predicted octanol–water partition coefficient (Wildman–Crippen LogP) is 9.48. The monoisotopic (exact) mass is 662 g/mol. The van der Waals surface area contributed by atoms with E-state index in [1.807, 2.05) is 97.9 Å². The van der Waals surface area contributed by atoms with Crippen LogP contribution in [0.2, 0.25) is 0 Å². The molecule has 0 aromatic heterocycles. The molecule has 4 atom stereocenters. The summed E-state index contributed by atoms with van der Waals surface area (Å²) in [6.45, 7) is 6.31. The Morgan fingerprint density at radius 3 is 1.51 bits per heavy atom. The molecule has 0 saturated heterocycles. The smallest absolute Gasteiger partial charge is 0.302 e. The molecule has 0 fully saturated rings. The zero-order valence-electron chi connectivity index (χ0n) is 28.5. The second kappa shape index (κ2) is 23.4. The van der Waals surface area contributed by atoms with Gasteiger partial charge in [-0.25, -0.2) is 0 Å². The molecule has 7 heteroatoms. The van der Waals surface area contributed by atoms with Crippen molar-refractivity contribution in [2.24, 2.45) is 0 Å². The Morgan fingerprint density at radius 1 is 0.596 bits per heavy atom. The van der Waals surface area contributed by atoms with E-state index in [1.54, 1.807) is 0 Å². The van der Waals surface area contributed by atoms with Crippen LogP contribution in [-0.4, -0.2) is 41.3 Å². The van der Waals surface area contributed by atoms with Crippen molar-refractivity contribution in [3.05, 3.63) is 108 Å². The summed E-state index contributed by atoms with van der Waals surface area (Å²) in [6.07, 6.45) is 6.89. The van der Waals surface area contributed by atoms with Gasteiger partial charge in [0.15, 0.2) is 6.10 Å². The molecular formula is C40H54O6S. The normalized spacial score (nSPS) is 13.9. The molecule has 256 valence electrons. The van der Waals surface area contributed by atoms with Crippen molar-refractivity contribution in [1.29, 1.82) is 0 Å². The molecule has 0 heterocycles. The maximum atomic E-state index is 14.1. The van der Waals surface area contributed by atoms with Gasteiger partial charge in [-0.05, 0) is 29.5 Å². The Morgan fingerprint density at radius 2 is 1.04 bits per heavy atom. The molecule has 0 spiro atoms. The molecule has 0 unspecified atom stereocenters. The van der Waals surface area contributed by atoms with Crippen molar-refractivity contribution in [3.63, 3.8) is 0 Å². The van der Waals surface area contributed by atoms with Gasteiger partial charge in [0.05, 0.1) is 19.8 Å². The number of esters is 1. The van der Waals surface area contributed by atoms with Crippen molar-refractivity contribution in [3.8, 4) is 0 Å². The number of ether oxygens (including phenoxy) is 4. The number of hydrogen-bond acceptors (Lipinski definition) is 7. The maximum absolute atomic E-state index is 14.1. The molecule has 0 aliphatic heterocycles. The molecular weight excluding hydrogens is 609 g/mol. The molecule has 0 radical (unpaired) electrons. The zero-order chi connectivity index (χ0) is 33.5. The van der Waals surface area contributed by atoms with Crippen LogP contribution in [0, 0.1) is 0 Å². The van der Waals surface area contributed by atoms with Crippen molar-refractivity contribution in [2.75, 3.05) is 5.75 Å². The van der Waals surface area contributed by atoms with E-state index in [0.29, 0.717) is 12.2 Å². The zero-order valence-corrected chi connectivity index (χ0v) is 29.3. The standard InChI is InChI=1S/C40H54O6S/c1-4-6-7-8-9-10-11-21-28-47-40(42)39(45-31-35-26-19-14-20-27-35)38(44-30-34-24-17-13-18-25-34)37(36(5-2)46-32(3)41)43-29-33-22-15-12-16-23-33/h12-20,22-27,36-39H,4-11,21,28-31H2,1-3H3/t36-,37-,38+,39-/m1/s1. The van der Waals surface area contributed by atoms with Gasteiger partial charge in [0.1, 0.15) is 18.3 Å². The van der Waals surface area contributed by atoms with E-state index in [9.17, 15) is 9.59 Å². The van der Waals surface area contributed by atoms with E-state index in [0.717, 1.165) is 29.5 Å². The molecule has 0 bridgehead atoms. The van der Waals surface area contributed by atoms with Gasteiger partial charge in [0.25, 0.3) is 0 Å². The van der Waals surface area contributed by atoms with Gasteiger partial charge in [-0.15, -0.1) is 0 Å². The summed E-state index contributed by atoms with van der Waals surface area (Å²) >= 11 is 1.30. The number of hydrogen-bond donors (Lipinski definition) is 0. The fourth-order valence-electron chi connectivity index (χ4n) is 5.45. The molecule has 0 aliphatic rings. The molecule has 47 heavy (non-hydrogen) atoms. The summed E-state index contributed by atoms with van der Waals surface area (Å²) in [5.41, 5.74) is 2.88. The van der Waals surface area contributed by atoms with Crippen LogP contribution in [-0.2, 0) is 48.4 Å². The van der Waals surface area contributed by atoms with Gasteiger partial charge in [-0.3, -0.25) is 9.59 Å². The third-order valence-corrected chi connectivity index (χ3v) is 9.04. The maximum Gasteiger partial charge on any atom is 0.302 e. The Labute approximate surface area is 286 Å². The van der Waals surface area contributed by atoms with Gasteiger partial charge in [-0.2, -0.15) is 0 Å². The quantitative estimate of drug-likeness (QED) is 0.0699. The number of carbonyl (C=O) groups excluding carboxylic acids is 2. The number of thioether (sulfide) groups is 1. The first-order valence-corrected chi connectivity index (χ1v) is 18.3. The van der Waals surface area contributed by atoms with Gasteiger partial charge in [0.2, 0.25) is 5.12 Å². The van der Waals surface area contributed by atoms with Crippen molar-refractivity contribution in [1.82, 2.24) is 0 Å². The third kappa shape index (κ3) is 15.2. The fourth-order valence-corrected chi connectivity index (χ4v) is 6.36. The summed E-state index contributed by atoms with van der Waals surface area (Å²) in [7, 11) is 0. The minimum Gasteiger partial charge on any atom is -0.460 e. The van der Waals surface area contributed by atoms with E-state index in [4.69, 9.17) is 18.9 Å². The second-order valence-electron chi connectivity index (χ2n) is 11.9. The molecule has 0 aliphatic carbocycles. The molecule has 0 saturated carbocycles. The highest BCUT2D eigenvalue weighted by Crippen LogP contribution is 2.27. The van der Waals surface area contributed by atoms with Crippen molar-refractivity contribution in [2.45, 2.75) is 123 Å². The van der Waals surface area contributed by atoms with Crippen LogP contribution in [0.3, 0.4) is 0 Å². The average molecular weight is 663 g/mol. The van der Waals surface area contributed by atoms with Gasteiger partial charge in [0, 0.05) is 12.7 Å². The van der Waals surface area contributed by atoms with E-state index in [1.165, 1.54) is 57.2 Å². The second-order valence-corrected chi connectivity index (χ2v) is 13.0. The van der Waals surface area contributed by atoms with Gasteiger partial charge >= 0.3 is 5.97 Å². The topological polar surface area (TPSA) is 71.1 Å². The van der Waals surface area contributed by atoms with Crippen LogP contribution in [0.1, 0.15) is 95.2 Å². The lowest BCUT2D eigenvalue weighted by Crippen LogP contribution is -2.52. The highest BCUT2D eigenvalue weighted by molar-refractivity contribution is 8.13. The van der Waals surface area contributed by atoms with Crippen molar-refractivity contribution < 1.29 is 28.5 Å². The number of unbranched alkanes of at least 4 members (excludes halogenated alkanes) is 7. The molecule has 0 amide bonds. The lowest BCUT2D eigenvalue weighted by Gasteiger charge is -2.36. The SMILES string of the molecule is CCCCCCCCCCSC(=O)[C@H](OCc1ccccc1)[C@@H](OCc1ccccc1)[C@H](OCc1ccccc1)[C@@H](CC)OC(C)=O. The Hall–Kier alpha value is -2.97. The molecule has 3 aromatic carbocycles. The Balaban J connectivity index is 1.86. The largest absolute Gasteiger partial charge is 0.460 e. The van der Waals surface area contributed by atoms with Crippen molar-refractivity contribution >= 4 is 22.8 Å². The molecule has 3 aromatic rings. The first kappa shape index (κ1) is 38.5. The van der Waals surface area contributed by atoms with Crippen LogP contribution >= 0.6 is 11.8 Å². The summed E-state index contributed by atoms with van der Waals surface area (Å²) in [4.78, 5) is 26.4. The van der Waals surface area contributed by atoms with Gasteiger partial charge < -0.3 is 18.9 Å². The number of rotatable bonds is 24. The van der Waals surface area contributed by atoms with Crippen LogP contribution < -0.4 is 0 Å². The van der Waals surface area contributed by atoms with Crippen LogP contribution in [0.4, 0.5) is 0 Å². The van der Waals surface area contributed by atoms with Crippen LogP contribution in [0.5, 0.6) is 0 Å². The molecule has 6 nitrogen and oxygen atoms in total. The van der Waals surface area contributed by atoms with E-state index >= 15 is 0 Å². The Bertz CT molecular complexity index is 1240. The lowest BCUT2D eigenvalue weighted by atomic mass is 10.00. The molecule has 0 N–H and O–H groups in total. The van der Waals surface area contributed by atoms with E-state index < -0.39 is 30.4 Å². The van der Waals surface area contributed by atoms with Crippen LogP contribution in [0.25, 0.3) is 0 Å². The minimum absolute atomic E-state index is 0.104. The highest BCUT2D eigenvalue weighted by Gasteiger charge is 2.42. The highest BCUT2D eigenvalue weighted by atomic mass is 32.2. The predicted molar refractivity (Wildman–Crippen MR) is 191 cm³/mol. The summed E-state index contributed by atoms with van der Waals surface area (Å²) < 4.78 is 25.5. The third-order valence-electron chi connectivity index (χ3n) is 8.03. The van der Waals surface area contributed by atoms with Crippen LogP contribution in [0.15, 0.2) is 91.0 Å². The fraction of sp³-hybridized carbons (Fsp3) is 0.500. The summed E-state index contributed by atoms with van der Waals surface area (Å²) in [5, 5.41) is -0.104. The molecule has 3 rings (SSSR count). The Kier molecular flexibility index (Phi) is 19.1. The van der Waals surface area contributed by atoms with Gasteiger partial charge in [-0.1, -0.05) is 162 Å². The number of carbonyl (C=O) groups is 2. The first-order chi connectivity index (χ1) is 23.0. The lowest BCUT2D eigenvalue weighted by molar-refractivity contribution is -0.192. The average Bonchev–Trinajstić information content (AvgIpc) is 3.10. The first-order valence-electron chi connectivity index (χ1n) is 17.3. The summed E-state index contributed by atoms with van der Waals surface area (Å²) in [6, 6.07) is 29.5.